The highest BCUT2D eigenvalue weighted by atomic mass is 16.5. The van der Waals surface area contributed by atoms with Crippen molar-refractivity contribution < 1.29 is 9.53 Å². The number of pyridine rings is 1. The SMILES string of the molecule is CCc1c(C(=O)NC[C@@H]2C[C@@H]3C=C[C@@H]2C32CC2)c(=O)cc(C)n1Cc1ccc(OC)cc1. The minimum Gasteiger partial charge on any atom is -0.497 e. The van der Waals surface area contributed by atoms with Crippen LogP contribution in [0.2, 0.25) is 0 Å². The van der Waals surface area contributed by atoms with Crippen LogP contribution < -0.4 is 15.5 Å². The van der Waals surface area contributed by atoms with Crippen LogP contribution in [-0.4, -0.2) is 24.1 Å². The molecular formula is C27H32N2O3. The van der Waals surface area contributed by atoms with Gasteiger partial charge >= 0.3 is 0 Å². The summed E-state index contributed by atoms with van der Waals surface area (Å²) in [5.41, 5.74) is 3.39. The van der Waals surface area contributed by atoms with Crippen molar-refractivity contribution in [3.63, 3.8) is 0 Å². The molecule has 3 atom stereocenters. The summed E-state index contributed by atoms with van der Waals surface area (Å²) in [7, 11) is 1.65. The van der Waals surface area contributed by atoms with Crippen LogP contribution in [0.15, 0.2) is 47.3 Å². The van der Waals surface area contributed by atoms with Crippen LogP contribution >= 0.6 is 0 Å². The first kappa shape index (κ1) is 21.0. The van der Waals surface area contributed by atoms with Gasteiger partial charge in [0.1, 0.15) is 11.3 Å². The summed E-state index contributed by atoms with van der Waals surface area (Å²) in [6.45, 7) is 5.20. The third kappa shape index (κ3) is 3.39. The molecule has 3 aliphatic carbocycles. The molecule has 1 spiro atoms. The largest absolute Gasteiger partial charge is 0.497 e. The molecule has 0 saturated heterocycles. The Morgan fingerprint density at radius 3 is 2.59 bits per heavy atom. The molecule has 2 saturated carbocycles. The van der Waals surface area contributed by atoms with E-state index in [1.807, 2.05) is 38.1 Å². The minimum absolute atomic E-state index is 0.186. The third-order valence-electron chi connectivity index (χ3n) is 8.06. The molecule has 2 aromatic rings. The van der Waals surface area contributed by atoms with Gasteiger partial charge in [-0.3, -0.25) is 9.59 Å². The molecule has 32 heavy (non-hydrogen) atoms. The van der Waals surface area contributed by atoms with Gasteiger partial charge in [0.2, 0.25) is 0 Å². The van der Waals surface area contributed by atoms with Crippen molar-refractivity contribution in [2.24, 2.45) is 23.2 Å². The number of methoxy groups -OCH3 is 1. The van der Waals surface area contributed by atoms with Gasteiger partial charge in [-0.2, -0.15) is 0 Å². The lowest BCUT2D eigenvalue weighted by molar-refractivity contribution is 0.0941. The minimum atomic E-state index is -0.230. The van der Waals surface area contributed by atoms with E-state index in [0.29, 0.717) is 48.2 Å². The zero-order chi connectivity index (χ0) is 22.5. The molecule has 2 bridgehead atoms. The first-order valence-corrected chi connectivity index (χ1v) is 11.8. The highest BCUT2D eigenvalue weighted by Gasteiger charge is 2.62. The molecule has 5 rings (SSSR count). The number of aromatic nitrogens is 1. The van der Waals surface area contributed by atoms with E-state index in [0.717, 1.165) is 29.1 Å². The quantitative estimate of drug-likeness (QED) is 0.670. The molecule has 1 heterocycles. The molecule has 168 valence electrons. The highest BCUT2D eigenvalue weighted by molar-refractivity contribution is 5.95. The van der Waals surface area contributed by atoms with E-state index >= 15 is 0 Å². The maximum absolute atomic E-state index is 13.2. The molecule has 1 amide bonds. The molecule has 0 aliphatic heterocycles. The number of benzene rings is 1. The number of nitrogens with zero attached hydrogens (tertiary/aromatic N) is 1. The van der Waals surface area contributed by atoms with E-state index in [9.17, 15) is 9.59 Å². The van der Waals surface area contributed by atoms with Crippen LogP contribution in [0.3, 0.4) is 0 Å². The number of allylic oxidation sites excluding steroid dienone is 2. The topological polar surface area (TPSA) is 60.3 Å². The van der Waals surface area contributed by atoms with Gasteiger partial charge in [-0.25, -0.2) is 0 Å². The van der Waals surface area contributed by atoms with E-state index in [4.69, 9.17) is 4.74 Å². The van der Waals surface area contributed by atoms with Gasteiger partial charge in [-0.15, -0.1) is 0 Å². The molecule has 5 nitrogen and oxygen atoms in total. The Morgan fingerprint density at radius 1 is 1.22 bits per heavy atom. The van der Waals surface area contributed by atoms with Crippen molar-refractivity contribution in [1.82, 2.24) is 9.88 Å². The molecule has 1 aromatic carbocycles. The Balaban J connectivity index is 1.36. The second-order valence-corrected chi connectivity index (χ2v) is 9.72. The Morgan fingerprint density at radius 2 is 1.97 bits per heavy atom. The van der Waals surface area contributed by atoms with E-state index < -0.39 is 0 Å². The number of hydrogen-bond donors (Lipinski definition) is 1. The fourth-order valence-corrected chi connectivity index (χ4v) is 6.24. The van der Waals surface area contributed by atoms with Crippen molar-refractivity contribution in [2.75, 3.05) is 13.7 Å². The predicted octanol–water partition coefficient (Wildman–Crippen LogP) is 4.11. The molecular weight excluding hydrogens is 400 g/mol. The lowest BCUT2D eigenvalue weighted by Gasteiger charge is -2.22. The second-order valence-electron chi connectivity index (χ2n) is 9.72. The van der Waals surface area contributed by atoms with Gasteiger partial charge < -0.3 is 14.6 Å². The Bertz CT molecular complexity index is 1120. The number of aryl methyl sites for hydroxylation is 1. The number of hydrogen-bond acceptors (Lipinski definition) is 3. The Kier molecular flexibility index (Phi) is 5.23. The maximum Gasteiger partial charge on any atom is 0.257 e. The molecule has 0 radical (unpaired) electrons. The van der Waals surface area contributed by atoms with Crippen molar-refractivity contribution in [3.8, 4) is 5.75 Å². The number of amides is 1. The van der Waals surface area contributed by atoms with Crippen molar-refractivity contribution in [1.29, 1.82) is 0 Å². The Hall–Kier alpha value is -2.82. The second kappa shape index (κ2) is 7.95. The summed E-state index contributed by atoms with van der Waals surface area (Å²) in [5.74, 6) is 2.37. The summed E-state index contributed by atoms with van der Waals surface area (Å²) in [5, 5.41) is 3.13. The molecule has 0 unspecified atom stereocenters. The van der Waals surface area contributed by atoms with Crippen LogP contribution in [0, 0.1) is 30.1 Å². The first-order valence-electron chi connectivity index (χ1n) is 11.8. The van der Waals surface area contributed by atoms with Gasteiger partial charge in [0.05, 0.1) is 7.11 Å². The van der Waals surface area contributed by atoms with Crippen molar-refractivity contribution in [2.45, 2.75) is 46.1 Å². The maximum atomic E-state index is 13.2. The number of nitrogens with one attached hydrogen (secondary N) is 1. The molecule has 5 heteroatoms. The van der Waals surface area contributed by atoms with Crippen molar-refractivity contribution >= 4 is 5.91 Å². The predicted molar refractivity (Wildman–Crippen MR) is 125 cm³/mol. The monoisotopic (exact) mass is 432 g/mol. The fraction of sp³-hybridized carbons (Fsp3) is 0.481. The average molecular weight is 433 g/mol. The van der Waals surface area contributed by atoms with Gasteiger partial charge in [-0.05, 0) is 73.5 Å². The molecule has 3 aliphatic rings. The average Bonchev–Trinajstić information content (AvgIpc) is 3.46. The van der Waals surface area contributed by atoms with Gasteiger partial charge in [0, 0.05) is 30.5 Å². The number of ether oxygens (including phenoxy) is 1. The number of carbonyl (C=O) groups is 1. The van der Waals surface area contributed by atoms with E-state index in [2.05, 4.69) is 22.0 Å². The van der Waals surface area contributed by atoms with Gasteiger partial charge in [0.25, 0.3) is 5.91 Å². The highest BCUT2D eigenvalue weighted by Crippen LogP contribution is 2.69. The van der Waals surface area contributed by atoms with E-state index in [1.54, 1.807) is 13.2 Å². The van der Waals surface area contributed by atoms with Crippen LogP contribution in [0.5, 0.6) is 5.75 Å². The Labute approximate surface area is 189 Å². The normalized spacial score (nSPS) is 24.2. The summed E-state index contributed by atoms with van der Waals surface area (Å²) in [6, 6.07) is 9.50. The van der Waals surface area contributed by atoms with Gasteiger partial charge in [-0.1, -0.05) is 31.2 Å². The van der Waals surface area contributed by atoms with Crippen LogP contribution in [-0.2, 0) is 13.0 Å². The number of rotatable bonds is 7. The zero-order valence-corrected chi connectivity index (χ0v) is 19.2. The standard InChI is InChI=1S/C27H32N2O3/c1-4-23-25(26(31)28-15-19-14-20-7-10-22(19)27(20)11-12-27)24(30)13-17(2)29(23)16-18-5-8-21(32-3)9-6-18/h5-10,13,19-20,22H,4,11-12,14-16H2,1-3H3,(H,28,31)/t19-,20-,22-/m0/s1. The third-order valence-corrected chi connectivity index (χ3v) is 8.06. The lowest BCUT2D eigenvalue weighted by Crippen LogP contribution is -2.36. The van der Waals surface area contributed by atoms with Crippen LogP contribution in [0.1, 0.15) is 53.5 Å². The van der Waals surface area contributed by atoms with Crippen LogP contribution in [0.4, 0.5) is 0 Å². The zero-order valence-electron chi connectivity index (χ0n) is 19.2. The van der Waals surface area contributed by atoms with E-state index in [-0.39, 0.29) is 11.3 Å². The van der Waals surface area contributed by atoms with E-state index in [1.165, 1.54) is 12.8 Å². The molecule has 1 aromatic heterocycles. The summed E-state index contributed by atoms with van der Waals surface area (Å²) >= 11 is 0. The van der Waals surface area contributed by atoms with Crippen molar-refractivity contribution in [3.05, 3.63) is 75.2 Å². The summed E-state index contributed by atoms with van der Waals surface area (Å²) in [6.07, 6.45) is 9.21. The smallest absolute Gasteiger partial charge is 0.257 e. The van der Waals surface area contributed by atoms with Gasteiger partial charge in [0.15, 0.2) is 5.43 Å². The lowest BCUT2D eigenvalue weighted by atomic mass is 9.89. The molecule has 2 fully saturated rings. The first-order chi connectivity index (χ1) is 15.5. The molecule has 1 N–H and O–H groups in total. The number of carbonyl (C=O) groups excluding carboxylic acids is 1. The summed E-state index contributed by atoms with van der Waals surface area (Å²) < 4.78 is 7.35. The van der Waals surface area contributed by atoms with Crippen LogP contribution in [0.25, 0.3) is 0 Å². The fourth-order valence-electron chi connectivity index (χ4n) is 6.24. The summed E-state index contributed by atoms with van der Waals surface area (Å²) in [4.78, 5) is 26.1.